The standard InChI is InChI=1S/C26H24ClFN4O2/c27-21-8-16(3-4-22(21)32-7-1-2-24(32)33)19-10-18(28)11-20(25(19)34)17-5-6-30-23(9-17)31-14-26(15-31)12-29-13-26/h3-6,8-11,29,34H,1-2,7,12-15H2. The van der Waals surface area contributed by atoms with E-state index in [0.717, 1.165) is 38.4 Å². The summed E-state index contributed by atoms with van der Waals surface area (Å²) in [6, 6.07) is 11.5. The molecule has 2 N–H and O–H groups in total. The Labute approximate surface area is 202 Å². The van der Waals surface area contributed by atoms with E-state index in [1.54, 1.807) is 35.4 Å². The quantitative estimate of drug-likeness (QED) is 0.580. The Morgan fingerprint density at radius 3 is 2.41 bits per heavy atom. The van der Waals surface area contributed by atoms with Crippen LogP contribution in [-0.4, -0.2) is 48.7 Å². The van der Waals surface area contributed by atoms with Crippen molar-refractivity contribution in [1.82, 2.24) is 10.3 Å². The van der Waals surface area contributed by atoms with Crippen molar-refractivity contribution in [1.29, 1.82) is 0 Å². The third-order valence-corrected chi connectivity index (χ3v) is 7.43. The van der Waals surface area contributed by atoms with Crippen LogP contribution in [-0.2, 0) is 4.79 Å². The Morgan fingerprint density at radius 2 is 1.79 bits per heavy atom. The smallest absolute Gasteiger partial charge is 0.227 e. The Morgan fingerprint density at radius 1 is 1.06 bits per heavy atom. The number of carbonyl (C=O) groups is 1. The zero-order valence-corrected chi connectivity index (χ0v) is 19.3. The molecule has 3 aliphatic rings. The first-order valence-corrected chi connectivity index (χ1v) is 11.9. The first-order valence-electron chi connectivity index (χ1n) is 11.5. The van der Waals surface area contributed by atoms with Gasteiger partial charge < -0.3 is 20.2 Å². The molecule has 6 rings (SSSR count). The van der Waals surface area contributed by atoms with E-state index < -0.39 is 5.82 Å². The molecule has 0 bridgehead atoms. The number of hydrogen-bond acceptors (Lipinski definition) is 5. The summed E-state index contributed by atoms with van der Waals surface area (Å²) >= 11 is 6.50. The number of phenolic OH excluding ortho intramolecular Hbond substituents is 1. The predicted molar refractivity (Wildman–Crippen MR) is 131 cm³/mol. The average Bonchev–Trinajstić information content (AvgIpc) is 3.19. The first kappa shape index (κ1) is 21.4. The van der Waals surface area contributed by atoms with Crippen molar-refractivity contribution in [3.63, 3.8) is 0 Å². The van der Waals surface area contributed by atoms with Gasteiger partial charge in [0.05, 0.1) is 10.7 Å². The molecule has 0 radical (unpaired) electrons. The van der Waals surface area contributed by atoms with E-state index in [2.05, 4.69) is 15.2 Å². The normalized spacial score (nSPS) is 18.8. The average molecular weight is 479 g/mol. The van der Waals surface area contributed by atoms with E-state index in [0.29, 0.717) is 51.3 Å². The van der Waals surface area contributed by atoms with Crippen molar-refractivity contribution < 1.29 is 14.3 Å². The second-order valence-corrected chi connectivity index (χ2v) is 9.93. The zero-order chi connectivity index (χ0) is 23.4. The van der Waals surface area contributed by atoms with E-state index in [1.807, 2.05) is 6.07 Å². The van der Waals surface area contributed by atoms with Crippen LogP contribution in [0.4, 0.5) is 15.9 Å². The fourth-order valence-electron chi connectivity index (χ4n) is 5.22. The predicted octanol–water partition coefficient (Wildman–Crippen LogP) is 4.45. The van der Waals surface area contributed by atoms with Gasteiger partial charge in [-0.1, -0.05) is 17.7 Å². The van der Waals surface area contributed by atoms with Crippen molar-refractivity contribution in [2.45, 2.75) is 12.8 Å². The van der Waals surface area contributed by atoms with E-state index in [4.69, 9.17) is 11.6 Å². The van der Waals surface area contributed by atoms with Gasteiger partial charge in [-0.05, 0) is 53.9 Å². The van der Waals surface area contributed by atoms with Crippen LogP contribution in [0.3, 0.4) is 0 Å². The molecule has 6 nitrogen and oxygen atoms in total. The maximum atomic E-state index is 14.7. The number of carbonyl (C=O) groups excluding carboxylic acids is 1. The second-order valence-electron chi connectivity index (χ2n) is 9.53. The van der Waals surface area contributed by atoms with Crippen molar-refractivity contribution in [2.24, 2.45) is 5.41 Å². The molecule has 0 unspecified atom stereocenters. The molecule has 3 saturated heterocycles. The Kier molecular flexibility index (Phi) is 5.00. The topological polar surface area (TPSA) is 68.7 Å². The third kappa shape index (κ3) is 3.51. The van der Waals surface area contributed by atoms with Crippen molar-refractivity contribution in [3.05, 3.63) is 59.5 Å². The number of nitrogens with one attached hydrogen (secondary N) is 1. The fraction of sp³-hybridized carbons (Fsp3) is 0.308. The van der Waals surface area contributed by atoms with Gasteiger partial charge in [0.15, 0.2) is 0 Å². The molecule has 2 aromatic carbocycles. The van der Waals surface area contributed by atoms with Crippen molar-refractivity contribution in [3.8, 4) is 28.0 Å². The van der Waals surface area contributed by atoms with Crippen LogP contribution >= 0.6 is 11.6 Å². The molecule has 8 heteroatoms. The second kappa shape index (κ2) is 7.96. The molecule has 1 spiro atoms. The number of anilines is 2. The molecule has 3 fully saturated rings. The maximum absolute atomic E-state index is 14.7. The number of halogens is 2. The largest absolute Gasteiger partial charge is 0.507 e. The summed E-state index contributed by atoms with van der Waals surface area (Å²) in [5, 5.41) is 14.9. The lowest BCUT2D eigenvalue weighted by molar-refractivity contribution is -0.117. The molecular weight excluding hydrogens is 455 g/mol. The number of amides is 1. The fourth-order valence-corrected chi connectivity index (χ4v) is 5.50. The number of aromatic nitrogens is 1. The number of aromatic hydroxyl groups is 1. The van der Waals surface area contributed by atoms with E-state index in [1.165, 1.54) is 12.1 Å². The number of nitrogens with zero attached hydrogens (tertiary/aromatic N) is 3. The Bertz CT molecular complexity index is 1300. The third-order valence-electron chi connectivity index (χ3n) is 7.13. The Balaban J connectivity index is 1.33. The number of pyridine rings is 1. The molecular formula is C26H24ClFN4O2. The molecule has 0 atom stereocenters. The molecule has 0 saturated carbocycles. The van der Waals surface area contributed by atoms with Crippen LogP contribution in [0.5, 0.6) is 5.75 Å². The molecule has 0 aliphatic carbocycles. The van der Waals surface area contributed by atoms with E-state index in [9.17, 15) is 14.3 Å². The van der Waals surface area contributed by atoms with Crippen molar-refractivity contribution >= 4 is 29.0 Å². The minimum absolute atomic E-state index is 0.0251. The lowest BCUT2D eigenvalue weighted by Crippen LogP contribution is -2.71. The highest BCUT2D eigenvalue weighted by atomic mass is 35.5. The summed E-state index contributed by atoms with van der Waals surface area (Å²) in [7, 11) is 0. The molecule has 174 valence electrons. The van der Waals surface area contributed by atoms with Gasteiger partial charge in [-0.3, -0.25) is 4.79 Å². The maximum Gasteiger partial charge on any atom is 0.227 e. The Hall–Kier alpha value is -3.16. The van der Waals surface area contributed by atoms with Crippen LogP contribution in [0.1, 0.15) is 12.8 Å². The number of hydrogen-bond donors (Lipinski definition) is 2. The summed E-state index contributed by atoms with van der Waals surface area (Å²) in [6.45, 7) is 4.59. The molecule has 4 heterocycles. The molecule has 3 aliphatic heterocycles. The van der Waals surface area contributed by atoms with E-state index >= 15 is 0 Å². The van der Waals surface area contributed by atoms with Crippen LogP contribution in [0.25, 0.3) is 22.3 Å². The molecule has 34 heavy (non-hydrogen) atoms. The minimum Gasteiger partial charge on any atom is -0.507 e. The van der Waals surface area contributed by atoms with Crippen LogP contribution in [0, 0.1) is 11.2 Å². The van der Waals surface area contributed by atoms with Gasteiger partial charge in [0, 0.05) is 61.9 Å². The van der Waals surface area contributed by atoms with Gasteiger partial charge in [0.2, 0.25) is 5.91 Å². The number of rotatable bonds is 4. The lowest BCUT2D eigenvalue weighted by atomic mass is 9.74. The van der Waals surface area contributed by atoms with Crippen LogP contribution in [0.2, 0.25) is 5.02 Å². The van der Waals surface area contributed by atoms with Gasteiger partial charge in [0.25, 0.3) is 0 Å². The summed E-state index contributed by atoms with van der Waals surface area (Å²) in [5.74, 6) is 0.381. The lowest BCUT2D eigenvalue weighted by Gasteiger charge is -2.56. The number of phenols is 1. The zero-order valence-electron chi connectivity index (χ0n) is 18.5. The van der Waals surface area contributed by atoms with Crippen LogP contribution in [0.15, 0.2) is 48.7 Å². The summed E-state index contributed by atoms with van der Waals surface area (Å²) < 4.78 is 14.7. The van der Waals surface area contributed by atoms with Crippen LogP contribution < -0.4 is 15.1 Å². The molecule has 1 aromatic heterocycles. The molecule has 3 aromatic rings. The highest BCUT2D eigenvalue weighted by molar-refractivity contribution is 6.34. The number of benzene rings is 2. The summed E-state index contributed by atoms with van der Waals surface area (Å²) in [5.41, 5.74) is 3.01. The van der Waals surface area contributed by atoms with Gasteiger partial charge >= 0.3 is 0 Å². The highest BCUT2D eigenvalue weighted by Gasteiger charge is 2.47. The van der Waals surface area contributed by atoms with Gasteiger partial charge in [-0.25, -0.2) is 9.37 Å². The monoisotopic (exact) mass is 478 g/mol. The first-order chi connectivity index (χ1) is 16.4. The minimum atomic E-state index is -0.459. The summed E-state index contributed by atoms with van der Waals surface area (Å²) in [4.78, 5) is 20.5. The van der Waals surface area contributed by atoms with Gasteiger partial charge in [-0.15, -0.1) is 0 Å². The molecule has 1 amide bonds. The SMILES string of the molecule is O=C1CCCN1c1ccc(-c2cc(F)cc(-c3ccnc(N4CC5(CNC5)C4)c3)c2O)cc1Cl. The highest BCUT2D eigenvalue weighted by Crippen LogP contribution is 2.43. The van der Waals surface area contributed by atoms with E-state index in [-0.39, 0.29) is 11.7 Å². The van der Waals surface area contributed by atoms with Gasteiger partial charge in [0.1, 0.15) is 17.4 Å². The van der Waals surface area contributed by atoms with Crippen molar-refractivity contribution in [2.75, 3.05) is 42.5 Å². The van der Waals surface area contributed by atoms with Gasteiger partial charge in [-0.2, -0.15) is 0 Å². The summed E-state index contributed by atoms with van der Waals surface area (Å²) in [6.07, 6.45) is 3.00.